The Bertz CT molecular complexity index is 1220. The standard InChI is InChI=1S/C21H27N7O4S/c1-12(2)9-27(16-17(22)28(10-13(3)4)20(31)24-18(16)30)15(29)11-33-21-26-25-19(32-21)14-6-5-7-23-8-14/h5-8,12-13H,9-11,22H2,1-4H3,(H,24,30,31). The molecule has 0 saturated heterocycles. The molecule has 3 N–H and O–H groups in total. The van der Waals surface area contributed by atoms with Crippen LogP contribution in [0.4, 0.5) is 11.5 Å². The first-order valence-corrected chi connectivity index (χ1v) is 11.5. The van der Waals surface area contributed by atoms with Crippen molar-refractivity contribution in [1.82, 2.24) is 24.7 Å². The van der Waals surface area contributed by atoms with Crippen LogP contribution in [0.2, 0.25) is 0 Å². The summed E-state index contributed by atoms with van der Waals surface area (Å²) < 4.78 is 6.89. The van der Waals surface area contributed by atoms with E-state index in [1.807, 2.05) is 27.7 Å². The number of rotatable bonds is 9. The zero-order chi connectivity index (χ0) is 24.1. The van der Waals surface area contributed by atoms with Crippen molar-refractivity contribution in [2.45, 2.75) is 39.5 Å². The Hall–Kier alpha value is -3.41. The third-order valence-corrected chi connectivity index (χ3v) is 5.32. The summed E-state index contributed by atoms with van der Waals surface area (Å²) in [7, 11) is 0. The second kappa shape index (κ2) is 10.5. The topological polar surface area (TPSA) is 153 Å². The van der Waals surface area contributed by atoms with Crippen LogP contribution in [0.25, 0.3) is 11.5 Å². The highest BCUT2D eigenvalue weighted by Crippen LogP contribution is 2.25. The van der Waals surface area contributed by atoms with Gasteiger partial charge in [-0.3, -0.25) is 24.1 Å². The molecule has 0 aliphatic heterocycles. The maximum Gasteiger partial charge on any atom is 0.330 e. The molecule has 0 saturated carbocycles. The van der Waals surface area contributed by atoms with Gasteiger partial charge in [-0.15, -0.1) is 10.2 Å². The highest BCUT2D eigenvalue weighted by atomic mass is 32.2. The molecule has 1 amide bonds. The van der Waals surface area contributed by atoms with Crippen molar-refractivity contribution in [3.05, 3.63) is 45.4 Å². The van der Waals surface area contributed by atoms with Gasteiger partial charge in [0.1, 0.15) is 5.82 Å². The molecule has 11 nitrogen and oxygen atoms in total. The van der Waals surface area contributed by atoms with Crippen LogP contribution in [0, 0.1) is 11.8 Å². The van der Waals surface area contributed by atoms with Crippen molar-refractivity contribution in [3.63, 3.8) is 0 Å². The van der Waals surface area contributed by atoms with Gasteiger partial charge in [-0.25, -0.2) is 4.79 Å². The fourth-order valence-electron chi connectivity index (χ4n) is 3.14. The molecule has 0 fully saturated rings. The van der Waals surface area contributed by atoms with E-state index >= 15 is 0 Å². The monoisotopic (exact) mass is 473 g/mol. The van der Waals surface area contributed by atoms with Crippen molar-refractivity contribution in [2.75, 3.05) is 22.9 Å². The summed E-state index contributed by atoms with van der Waals surface area (Å²) in [5.74, 6) is -0.0267. The molecule has 0 aromatic carbocycles. The number of hydrogen-bond donors (Lipinski definition) is 2. The molecule has 0 radical (unpaired) electrons. The zero-order valence-electron chi connectivity index (χ0n) is 18.9. The summed E-state index contributed by atoms with van der Waals surface area (Å²) in [4.78, 5) is 45.7. The fourth-order valence-corrected chi connectivity index (χ4v) is 3.78. The summed E-state index contributed by atoms with van der Waals surface area (Å²) in [6, 6.07) is 3.53. The minimum atomic E-state index is -0.701. The van der Waals surface area contributed by atoms with Gasteiger partial charge in [0.25, 0.3) is 10.8 Å². The molecular weight excluding hydrogens is 446 g/mol. The van der Waals surface area contributed by atoms with Gasteiger partial charge in [-0.2, -0.15) is 0 Å². The Kier molecular flexibility index (Phi) is 7.69. The van der Waals surface area contributed by atoms with Crippen LogP contribution in [0.5, 0.6) is 0 Å². The lowest BCUT2D eigenvalue weighted by molar-refractivity contribution is -0.116. The third-order valence-electron chi connectivity index (χ3n) is 4.51. The number of nitrogens with zero attached hydrogens (tertiary/aromatic N) is 5. The Labute approximate surface area is 194 Å². The number of carbonyl (C=O) groups is 1. The average molecular weight is 474 g/mol. The maximum atomic E-state index is 13.2. The van der Waals surface area contributed by atoms with Gasteiger partial charge in [-0.05, 0) is 24.0 Å². The van der Waals surface area contributed by atoms with Gasteiger partial charge in [0, 0.05) is 25.5 Å². The molecule has 3 rings (SSSR count). The summed E-state index contributed by atoms with van der Waals surface area (Å²) in [6.07, 6.45) is 3.23. The first-order chi connectivity index (χ1) is 15.7. The van der Waals surface area contributed by atoms with E-state index in [2.05, 4.69) is 20.2 Å². The number of thioether (sulfide) groups is 1. The van der Waals surface area contributed by atoms with Crippen molar-refractivity contribution in [2.24, 2.45) is 11.8 Å². The molecule has 3 aromatic heterocycles. The van der Waals surface area contributed by atoms with Crippen LogP contribution in [-0.4, -0.2) is 42.9 Å². The molecule has 12 heteroatoms. The van der Waals surface area contributed by atoms with Crippen LogP contribution in [0.1, 0.15) is 27.7 Å². The number of aromatic amines is 1. The van der Waals surface area contributed by atoms with Crippen molar-refractivity contribution in [1.29, 1.82) is 0 Å². The van der Waals surface area contributed by atoms with E-state index in [1.165, 1.54) is 9.47 Å². The molecule has 0 atom stereocenters. The highest BCUT2D eigenvalue weighted by Gasteiger charge is 2.26. The van der Waals surface area contributed by atoms with E-state index in [0.717, 1.165) is 11.8 Å². The lowest BCUT2D eigenvalue weighted by Gasteiger charge is -2.26. The summed E-state index contributed by atoms with van der Waals surface area (Å²) in [5, 5.41) is 8.14. The lowest BCUT2D eigenvalue weighted by atomic mass is 10.2. The third kappa shape index (κ3) is 5.89. The fraction of sp³-hybridized carbons (Fsp3) is 0.429. The summed E-state index contributed by atoms with van der Waals surface area (Å²) >= 11 is 1.05. The van der Waals surface area contributed by atoms with Crippen LogP contribution in [0.3, 0.4) is 0 Å². The number of H-pyrrole nitrogens is 1. The van der Waals surface area contributed by atoms with E-state index < -0.39 is 11.2 Å². The van der Waals surface area contributed by atoms with Gasteiger partial charge in [0.2, 0.25) is 11.8 Å². The Balaban J connectivity index is 1.85. The zero-order valence-corrected chi connectivity index (χ0v) is 19.8. The Morgan fingerprint density at radius 1 is 1.24 bits per heavy atom. The van der Waals surface area contributed by atoms with Crippen molar-refractivity contribution >= 4 is 29.2 Å². The summed E-state index contributed by atoms with van der Waals surface area (Å²) in [5.41, 5.74) is 5.55. The van der Waals surface area contributed by atoms with Crippen LogP contribution >= 0.6 is 11.8 Å². The van der Waals surface area contributed by atoms with Crippen molar-refractivity contribution in [3.8, 4) is 11.5 Å². The average Bonchev–Trinajstić information content (AvgIpc) is 3.23. The molecular formula is C21H27N7O4S. The van der Waals surface area contributed by atoms with Gasteiger partial charge < -0.3 is 15.1 Å². The largest absolute Gasteiger partial charge is 0.411 e. The Morgan fingerprint density at radius 2 is 2.00 bits per heavy atom. The molecule has 176 valence electrons. The number of nitrogens with two attached hydrogens (primary N) is 1. The van der Waals surface area contributed by atoms with Crippen LogP contribution < -0.4 is 21.9 Å². The minimum absolute atomic E-state index is 0.0314. The normalized spacial score (nSPS) is 11.3. The minimum Gasteiger partial charge on any atom is -0.411 e. The van der Waals surface area contributed by atoms with Gasteiger partial charge >= 0.3 is 5.69 Å². The van der Waals surface area contributed by atoms with Crippen molar-refractivity contribution < 1.29 is 9.21 Å². The molecule has 3 aromatic rings. The highest BCUT2D eigenvalue weighted by molar-refractivity contribution is 7.99. The number of pyridine rings is 1. The van der Waals surface area contributed by atoms with E-state index in [0.29, 0.717) is 18.0 Å². The van der Waals surface area contributed by atoms with Gasteiger partial charge in [0.15, 0.2) is 5.69 Å². The quantitative estimate of drug-likeness (QED) is 0.444. The number of nitrogen functional groups attached to an aromatic ring is 1. The predicted molar refractivity (Wildman–Crippen MR) is 126 cm³/mol. The first-order valence-electron chi connectivity index (χ1n) is 10.5. The van der Waals surface area contributed by atoms with E-state index in [-0.39, 0.29) is 46.8 Å². The van der Waals surface area contributed by atoms with Crippen LogP contribution in [0.15, 0.2) is 43.8 Å². The molecule has 0 bridgehead atoms. The first kappa shape index (κ1) is 24.2. The number of carbonyl (C=O) groups excluding carboxylic acids is 1. The number of amides is 1. The number of aromatic nitrogens is 5. The van der Waals surface area contributed by atoms with Gasteiger partial charge in [0.05, 0.1) is 11.3 Å². The second-order valence-electron chi connectivity index (χ2n) is 8.30. The molecule has 0 aliphatic rings. The molecule has 3 heterocycles. The molecule has 0 aliphatic carbocycles. The van der Waals surface area contributed by atoms with E-state index in [1.54, 1.807) is 24.5 Å². The molecule has 0 unspecified atom stereocenters. The smallest absolute Gasteiger partial charge is 0.330 e. The van der Waals surface area contributed by atoms with E-state index in [4.69, 9.17) is 10.2 Å². The molecule has 0 spiro atoms. The second-order valence-corrected chi connectivity index (χ2v) is 9.23. The maximum absolute atomic E-state index is 13.2. The van der Waals surface area contributed by atoms with Crippen LogP contribution in [-0.2, 0) is 11.3 Å². The predicted octanol–water partition coefficient (Wildman–Crippen LogP) is 2.00. The number of anilines is 2. The lowest BCUT2D eigenvalue weighted by Crippen LogP contribution is -2.43. The summed E-state index contributed by atoms with van der Waals surface area (Å²) in [6.45, 7) is 8.24. The SMILES string of the molecule is CC(C)CN(C(=O)CSc1nnc(-c2cccnc2)o1)c1c(N)n(CC(C)C)c(=O)[nH]c1=O. The van der Waals surface area contributed by atoms with Gasteiger partial charge in [-0.1, -0.05) is 39.5 Å². The molecule has 33 heavy (non-hydrogen) atoms. The number of nitrogens with one attached hydrogen (secondary N) is 1. The van der Waals surface area contributed by atoms with E-state index in [9.17, 15) is 14.4 Å². The Morgan fingerprint density at radius 3 is 2.64 bits per heavy atom. The number of hydrogen-bond acceptors (Lipinski definition) is 9.